The number of aliphatic imine (C=N–C) groups is 1. The number of amidine groups is 1. The predicted octanol–water partition coefficient (Wildman–Crippen LogP) is 1.29. The predicted molar refractivity (Wildman–Crippen MR) is 53.8 cm³/mol. The van der Waals surface area contributed by atoms with Crippen LogP contribution in [0.15, 0.2) is 35.3 Å². The molecule has 1 heterocycles. The summed E-state index contributed by atoms with van der Waals surface area (Å²) in [5.74, 6) is 0.954. The van der Waals surface area contributed by atoms with Crippen molar-refractivity contribution in [1.29, 1.82) is 0 Å². The Kier molecular flexibility index (Phi) is 2.04. The van der Waals surface area contributed by atoms with E-state index in [1.54, 1.807) is 0 Å². The molecule has 1 aromatic carbocycles. The van der Waals surface area contributed by atoms with Crippen LogP contribution < -0.4 is 5.32 Å². The van der Waals surface area contributed by atoms with Crippen molar-refractivity contribution >= 4 is 18.5 Å². The monoisotopic (exact) mass is 178 g/mol. The second kappa shape index (κ2) is 3.19. The zero-order valence-electron chi connectivity index (χ0n) is 6.57. The summed E-state index contributed by atoms with van der Waals surface area (Å²) in [5.41, 5.74) is 1.13. The second-order valence-corrected chi connectivity index (χ2v) is 3.34. The quantitative estimate of drug-likeness (QED) is 0.622. The highest BCUT2D eigenvalue weighted by Gasteiger charge is 2.13. The topological polar surface area (TPSA) is 24.4 Å². The van der Waals surface area contributed by atoms with E-state index < -0.39 is 0 Å². The van der Waals surface area contributed by atoms with Crippen LogP contribution in [-0.4, -0.2) is 17.8 Å². The molecule has 1 aliphatic rings. The number of thiol groups is 1. The molecule has 3 heteroatoms. The zero-order chi connectivity index (χ0) is 8.39. The lowest BCUT2D eigenvalue weighted by Crippen LogP contribution is -2.25. The van der Waals surface area contributed by atoms with Crippen LogP contribution in [-0.2, 0) is 0 Å². The Hall–Kier alpha value is -0.960. The molecule has 0 aromatic heterocycles. The molecule has 12 heavy (non-hydrogen) atoms. The second-order valence-electron chi connectivity index (χ2n) is 2.72. The number of nitrogens with one attached hydrogen (secondary N) is 1. The van der Waals surface area contributed by atoms with E-state index in [1.807, 2.05) is 30.3 Å². The van der Waals surface area contributed by atoms with Gasteiger partial charge in [0.15, 0.2) is 0 Å². The van der Waals surface area contributed by atoms with E-state index in [9.17, 15) is 0 Å². The first kappa shape index (κ1) is 7.68. The van der Waals surface area contributed by atoms with Crippen LogP contribution in [0.3, 0.4) is 0 Å². The maximum Gasteiger partial charge on any atom is 0.129 e. The van der Waals surface area contributed by atoms with Crippen molar-refractivity contribution in [2.24, 2.45) is 4.99 Å². The Labute approximate surface area is 77.1 Å². The van der Waals surface area contributed by atoms with Gasteiger partial charge in [-0.2, -0.15) is 12.6 Å². The first-order valence-electron chi connectivity index (χ1n) is 3.91. The fraction of sp³-hybridized carbons (Fsp3) is 0.222. The summed E-state index contributed by atoms with van der Waals surface area (Å²) in [6.45, 7) is 0.757. The zero-order valence-corrected chi connectivity index (χ0v) is 7.46. The van der Waals surface area contributed by atoms with Gasteiger partial charge in [0.25, 0.3) is 0 Å². The van der Waals surface area contributed by atoms with Gasteiger partial charge in [-0.15, -0.1) is 0 Å². The molecule has 0 saturated heterocycles. The van der Waals surface area contributed by atoms with Crippen molar-refractivity contribution < 1.29 is 0 Å². The normalized spacial score (nSPS) is 21.8. The van der Waals surface area contributed by atoms with E-state index in [0.29, 0.717) is 0 Å². The molecule has 1 aromatic rings. The number of nitrogens with zero attached hydrogens (tertiary/aromatic N) is 1. The molecule has 62 valence electrons. The van der Waals surface area contributed by atoms with Crippen LogP contribution in [0, 0.1) is 0 Å². The Morgan fingerprint density at radius 2 is 2.08 bits per heavy atom. The average molecular weight is 178 g/mol. The fourth-order valence-electron chi connectivity index (χ4n) is 1.20. The van der Waals surface area contributed by atoms with Gasteiger partial charge >= 0.3 is 0 Å². The van der Waals surface area contributed by atoms with Crippen LogP contribution in [0.25, 0.3) is 0 Å². The highest BCUT2D eigenvalue weighted by atomic mass is 32.1. The molecule has 0 aliphatic carbocycles. The summed E-state index contributed by atoms with van der Waals surface area (Å²) in [4.78, 5) is 4.32. The maximum atomic E-state index is 4.32. The summed E-state index contributed by atoms with van der Waals surface area (Å²) >= 11 is 4.28. The highest BCUT2D eigenvalue weighted by molar-refractivity contribution is 7.81. The largest absolute Gasteiger partial charge is 0.357 e. The van der Waals surface area contributed by atoms with Crippen LogP contribution in [0.5, 0.6) is 0 Å². The SMILES string of the molecule is SC1CN=C(c2ccccc2)N1. The molecule has 0 bridgehead atoms. The molecular formula is C9H10N2S. The van der Waals surface area contributed by atoms with E-state index in [2.05, 4.69) is 22.9 Å². The van der Waals surface area contributed by atoms with Crippen molar-refractivity contribution in [2.45, 2.75) is 5.37 Å². The number of benzene rings is 1. The van der Waals surface area contributed by atoms with Gasteiger partial charge in [-0.25, -0.2) is 0 Å². The average Bonchev–Trinajstić information content (AvgIpc) is 2.54. The summed E-state index contributed by atoms with van der Waals surface area (Å²) in [6.07, 6.45) is 0. The number of hydrogen-bond acceptors (Lipinski definition) is 3. The summed E-state index contributed by atoms with van der Waals surface area (Å²) in [6, 6.07) is 10.1. The van der Waals surface area contributed by atoms with Crippen LogP contribution >= 0.6 is 12.6 Å². The Balaban J connectivity index is 2.22. The van der Waals surface area contributed by atoms with Gasteiger partial charge < -0.3 is 5.32 Å². The molecule has 0 fully saturated rings. The lowest BCUT2D eigenvalue weighted by molar-refractivity contribution is 0.898. The Bertz CT molecular complexity index is 295. The van der Waals surface area contributed by atoms with Crippen molar-refractivity contribution in [1.82, 2.24) is 5.32 Å². The van der Waals surface area contributed by atoms with E-state index >= 15 is 0 Å². The first-order chi connectivity index (χ1) is 5.86. The van der Waals surface area contributed by atoms with Gasteiger partial charge in [0.05, 0.1) is 11.9 Å². The van der Waals surface area contributed by atoms with Gasteiger partial charge in [-0.3, -0.25) is 4.99 Å². The maximum absolute atomic E-state index is 4.32. The van der Waals surface area contributed by atoms with E-state index in [4.69, 9.17) is 0 Å². The van der Waals surface area contributed by atoms with Crippen molar-refractivity contribution in [3.8, 4) is 0 Å². The molecule has 0 radical (unpaired) electrons. The molecule has 2 nitrogen and oxygen atoms in total. The number of rotatable bonds is 1. The van der Waals surface area contributed by atoms with Crippen molar-refractivity contribution in [3.05, 3.63) is 35.9 Å². The summed E-state index contributed by atoms with van der Waals surface area (Å²) in [7, 11) is 0. The lowest BCUT2D eigenvalue weighted by atomic mass is 10.2. The molecule has 1 aliphatic heterocycles. The minimum Gasteiger partial charge on any atom is -0.357 e. The molecule has 2 rings (SSSR count). The summed E-state index contributed by atoms with van der Waals surface area (Å²) in [5, 5.41) is 3.37. The van der Waals surface area contributed by atoms with Crippen molar-refractivity contribution in [3.63, 3.8) is 0 Å². The minimum atomic E-state index is 0.181. The van der Waals surface area contributed by atoms with Gasteiger partial charge in [-0.1, -0.05) is 30.3 Å². The van der Waals surface area contributed by atoms with Gasteiger partial charge in [0.2, 0.25) is 0 Å². The fourth-order valence-corrected chi connectivity index (χ4v) is 1.40. The summed E-state index contributed by atoms with van der Waals surface area (Å²) < 4.78 is 0. The third-order valence-corrected chi connectivity index (χ3v) is 2.07. The standard InChI is InChI=1S/C9H10N2S/c12-8-6-10-9(11-8)7-4-2-1-3-5-7/h1-5,8,12H,6H2,(H,10,11). The molecule has 0 amide bonds. The van der Waals surface area contributed by atoms with Gasteiger partial charge in [0.1, 0.15) is 5.84 Å². The van der Waals surface area contributed by atoms with Crippen LogP contribution in [0.2, 0.25) is 0 Å². The van der Waals surface area contributed by atoms with E-state index in [-0.39, 0.29) is 5.37 Å². The lowest BCUT2D eigenvalue weighted by Gasteiger charge is -2.04. The van der Waals surface area contributed by atoms with Gasteiger partial charge in [-0.05, 0) is 0 Å². The minimum absolute atomic E-state index is 0.181. The molecule has 1 unspecified atom stereocenters. The smallest absolute Gasteiger partial charge is 0.129 e. The molecule has 1 N–H and O–H groups in total. The third kappa shape index (κ3) is 1.46. The van der Waals surface area contributed by atoms with Crippen molar-refractivity contribution in [2.75, 3.05) is 6.54 Å². The highest BCUT2D eigenvalue weighted by Crippen LogP contribution is 2.07. The Morgan fingerprint density at radius 3 is 2.67 bits per heavy atom. The van der Waals surface area contributed by atoms with Gasteiger partial charge in [0, 0.05) is 5.56 Å². The Morgan fingerprint density at radius 1 is 1.33 bits per heavy atom. The molecule has 0 spiro atoms. The van der Waals surface area contributed by atoms with Crippen LogP contribution in [0.4, 0.5) is 0 Å². The first-order valence-corrected chi connectivity index (χ1v) is 4.42. The molecular weight excluding hydrogens is 168 g/mol. The third-order valence-electron chi connectivity index (χ3n) is 1.77. The van der Waals surface area contributed by atoms with E-state index in [0.717, 1.165) is 17.9 Å². The van der Waals surface area contributed by atoms with Crippen LogP contribution in [0.1, 0.15) is 5.56 Å². The molecule has 0 saturated carbocycles. The molecule has 1 atom stereocenters. The number of hydrogen-bond donors (Lipinski definition) is 2. The van der Waals surface area contributed by atoms with E-state index in [1.165, 1.54) is 0 Å².